The molecule has 1 atom stereocenters. The van der Waals surface area contributed by atoms with Gasteiger partial charge in [-0.25, -0.2) is 0 Å². The molecule has 8 heteroatoms. The number of hydrogen-bond donors (Lipinski definition) is 2. The van der Waals surface area contributed by atoms with Crippen molar-refractivity contribution in [2.24, 2.45) is 13.0 Å². The smallest absolute Gasteiger partial charge is 0.227 e. The van der Waals surface area contributed by atoms with E-state index in [9.17, 15) is 0 Å². The van der Waals surface area contributed by atoms with Crippen LogP contribution in [-0.2, 0) is 7.05 Å². The Bertz CT molecular complexity index is 952. The number of nitrogens with one attached hydrogen (secondary N) is 1. The first-order valence-corrected chi connectivity index (χ1v) is 8.64. The number of hydrogen-bond acceptors (Lipinski definition) is 7. The molecule has 0 fully saturated rings. The molecule has 0 bridgehead atoms. The van der Waals surface area contributed by atoms with E-state index in [1.807, 2.05) is 25.2 Å². The molecule has 4 rings (SSSR count). The second kappa shape index (κ2) is 6.36. The fourth-order valence-corrected chi connectivity index (χ4v) is 3.14. The summed E-state index contributed by atoms with van der Waals surface area (Å²) >= 11 is 0. The van der Waals surface area contributed by atoms with Gasteiger partial charge in [0.1, 0.15) is 19.0 Å². The van der Waals surface area contributed by atoms with Crippen molar-refractivity contribution in [1.29, 1.82) is 0 Å². The van der Waals surface area contributed by atoms with Gasteiger partial charge in [0, 0.05) is 7.05 Å². The van der Waals surface area contributed by atoms with Crippen molar-refractivity contribution in [3.63, 3.8) is 0 Å². The van der Waals surface area contributed by atoms with Gasteiger partial charge in [-0.1, -0.05) is 19.9 Å². The van der Waals surface area contributed by atoms with Crippen molar-refractivity contribution in [1.82, 2.24) is 19.7 Å². The summed E-state index contributed by atoms with van der Waals surface area (Å²) in [5, 5.41) is 8.35. The number of aryl methyl sites for hydroxylation is 1. The van der Waals surface area contributed by atoms with E-state index >= 15 is 0 Å². The molecule has 3 heterocycles. The first-order valence-electron chi connectivity index (χ1n) is 8.64. The number of ether oxygens (including phenoxy) is 2. The van der Waals surface area contributed by atoms with E-state index in [2.05, 4.69) is 34.2 Å². The zero-order valence-electron chi connectivity index (χ0n) is 15.1. The summed E-state index contributed by atoms with van der Waals surface area (Å²) in [6, 6.07) is 5.99. The summed E-state index contributed by atoms with van der Waals surface area (Å²) in [6.45, 7) is 5.42. The summed E-state index contributed by atoms with van der Waals surface area (Å²) in [6.07, 6.45) is 1.68. The third-order valence-electron chi connectivity index (χ3n) is 4.50. The third kappa shape index (κ3) is 2.87. The van der Waals surface area contributed by atoms with Gasteiger partial charge >= 0.3 is 0 Å². The molecule has 1 aliphatic rings. The first-order chi connectivity index (χ1) is 12.5. The molecular weight excluding hydrogens is 332 g/mol. The molecule has 3 aromatic rings. The molecule has 0 radical (unpaired) electrons. The Kier molecular flexibility index (Phi) is 4.02. The van der Waals surface area contributed by atoms with Gasteiger partial charge in [-0.2, -0.15) is 15.1 Å². The number of benzene rings is 1. The van der Waals surface area contributed by atoms with Crippen LogP contribution in [0.25, 0.3) is 11.0 Å². The van der Waals surface area contributed by atoms with Crippen LogP contribution in [0.4, 0.5) is 11.8 Å². The second-order valence-corrected chi connectivity index (χ2v) is 6.71. The van der Waals surface area contributed by atoms with Gasteiger partial charge in [0.2, 0.25) is 5.95 Å². The minimum Gasteiger partial charge on any atom is -0.486 e. The number of nitrogens with zero attached hydrogens (tertiary/aromatic N) is 4. The van der Waals surface area contributed by atoms with Crippen molar-refractivity contribution < 1.29 is 9.47 Å². The predicted octanol–water partition coefficient (Wildman–Crippen LogP) is 2.53. The lowest BCUT2D eigenvalue weighted by atomic mass is 9.95. The molecule has 0 saturated heterocycles. The quantitative estimate of drug-likeness (QED) is 0.742. The average molecular weight is 354 g/mol. The molecule has 2 aromatic heterocycles. The van der Waals surface area contributed by atoms with Gasteiger partial charge in [-0.15, -0.1) is 0 Å². The maximum absolute atomic E-state index is 6.07. The molecule has 0 saturated carbocycles. The van der Waals surface area contributed by atoms with Crippen LogP contribution >= 0.6 is 0 Å². The van der Waals surface area contributed by atoms with E-state index in [0.29, 0.717) is 36.5 Å². The number of anilines is 2. The van der Waals surface area contributed by atoms with Gasteiger partial charge in [0.25, 0.3) is 0 Å². The van der Waals surface area contributed by atoms with Crippen molar-refractivity contribution in [2.75, 3.05) is 24.3 Å². The fraction of sp³-hybridized carbons (Fsp3) is 0.389. The van der Waals surface area contributed by atoms with E-state index in [4.69, 9.17) is 15.2 Å². The highest BCUT2D eigenvalue weighted by Crippen LogP contribution is 2.35. The maximum Gasteiger partial charge on any atom is 0.227 e. The van der Waals surface area contributed by atoms with Gasteiger partial charge in [-0.3, -0.25) is 4.68 Å². The number of fused-ring (bicyclic) bond motifs is 2. The summed E-state index contributed by atoms with van der Waals surface area (Å²) < 4.78 is 13.0. The van der Waals surface area contributed by atoms with Gasteiger partial charge in [0.15, 0.2) is 17.1 Å². The molecule has 26 heavy (non-hydrogen) atoms. The molecule has 0 amide bonds. The van der Waals surface area contributed by atoms with Crippen molar-refractivity contribution in [3.05, 3.63) is 30.0 Å². The third-order valence-corrected chi connectivity index (χ3v) is 4.50. The number of nitrogens with two attached hydrogens (primary N) is 1. The van der Waals surface area contributed by atoms with E-state index < -0.39 is 0 Å². The number of nitrogen functional groups attached to an aromatic ring is 1. The molecule has 1 aromatic carbocycles. The molecule has 8 nitrogen and oxygen atoms in total. The van der Waals surface area contributed by atoms with E-state index in [1.165, 1.54) is 0 Å². The van der Waals surface area contributed by atoms with Crippen LogP contribution in [0, 0.1) is 5.92 Å². The zero-order valence-corrected chi connectivity index (χ0v) is 15.1. The Morgan fingerprint density at radius 1 is 1.15 bits per heavy atom. The molecule has 0 aliphatic carbocycles. The van der Waals surface area contributed by atoms with Gasteiger partial charge in [-0.05, 0) is 23.6 Å². The molecule has 1 unspecified atom stereocenters. The number of aromatic nitrogens is 4. The van der Waals surface area contributed by atoms with Crippen LogP contribution < -0.4 is 20.5 Å². The van der Waals surface area contributed by atoms with Crippen LogP contribution in [0.3, 0.4) is 0 Å². The zero-order chi connectivity index (χ0) is 18.3. The Balaban J connectivity index is 1.68. The molecule has 0 spiro atoms. The van der Waals surface area contributed by atoms with E-state index in [1.54, 1.807) is 10.9 Å². The molecular formula is C18H22N6O2. The Labute approximate surface area is 151 Å². The normalized spacial score (nSPS) is 14.6. The standard InChI is InChI=1S/C18H22N6O2/c1-10(2)15(11-4-5-13-14(8-11)26-7-6-25-13)21-18-22-16(19)12-9-20-24(3)17(12)23-18/h4-5,8-10,15H,6-7H2,1-3H3,(H3,19,21,22,23). The minimum absolute atomic E-state index is 0.00379. The lowest BCUT2D eigenvalue weighted by molar-refractivity contribution is 0.171. The summed E-state index contributed by atoms with van der Waals surface area (Å²) in [5.74, 6) is 2.73. The second-order valence-electron chi connectivity index (χ2n) is 6.71. The van der Waals surface area contributed by atoms with Crippen molar-refractivity contribution >= 4 is 22.8 Å². The SMILES string of the molecule is CC(C)C(Nc1nc(N)c2cnn(C)c2n1)c1ccc2c(c1)OCCO2. The fourth-order valence-electron chi connectivity index (χ4n) is 3.14. The maximum atomic E-state index is 6.07. The van der Waals surface area contributed by atoms with Crippen LogP contribution in [0.5, 0.6) is 11.5 Å². The predicted molar refractivity (Wildman–Crippen MR) is 99.4 cm³/mol. The molecule has 1 aliphatic heterocycles. The summed E-state index contributed by atoms with van der Waals surface area (Å²) in [7, 11) is 1.83. The van der Waals surface area contributed by atoms with Crippen LogP contribution in [0.1, 0.15) is 25.5 Å². The summed E-state index contributed by atoms with van der Waals surface area (Å²) in [5.41, 5.74) is 7.85. The highest BCUT2D eigenvalue weighted by Gasteiger charge is 2.21. The largest absolute Gasteiger partial charge is 0.486 e. The lowest BCUT2D eigenvalue weighted by Crippen LogP contribution is -2.20. The highest BCUT2D eigenvalue weighted by molar-refractivity contribution is 5.86. The molecule has 3 N–H and O–H groups in total. The lowest BCUT2D eigenvalue weighted by Gasteiger charge is -2.25. The Morgan fingerprint density at radius 2 is 1.92 bits per heavy atom. The van der Waals surface area contributed by atoms with Gasteiger partial charge < -0.3 is 20.5 Å². The first kappa shape index (κ1) is 16.4. The average Bonchev–Trinajstić information content (AvgIpc) is 3.01. The summed E-state index contributed by atoms with van der Waals surface area (Å²) in [4.78, 5) is 8.97. The Morgan fingerprint density at radius 3 is 2.69 bits per heavy atom. The van der Waals surface area contributed by atoms with E-state index in [-0.39, 0.29) is 6.04 Å². The molecule has 136 valence electrons. The minimum atomic E-state index is -0.00379. The number of rotatable bonds is 4. The topological polar surface area (TPSA) is 100 Å². The monoisotopic (exact) mass is 354 g/mol. The van der Waals surface area contributed by atoms with E-state index in [0.717, 1.165) is 22.4 Å². The Hall–Kier alpha value is -3.03. The van der Waals surface area contributed by atoms with Crippen LogP contribution in [0.15, 0.2) is 24.4 Å². The van der Waals surface area contributed by atoms with Crippen molar-refractivity contribution in [3.8, 4) is 11.5 Å². The van der Waals surface area contributed by atoms with Crippen LogP contribution in [-0.4, -0.2) is 33.0 Å². The van der Waals surface area contributed by atoms with Crippen LogP contribution in [0.2, 0.25) is 0 Å². The van der Waals surface area contributed by atoms with Gasteiger partial charge in [0.05, 0.1) is 17.6 Å². The van der Waals surface area contributed by atoms with Crippen molar-refractivity contribution in [2.45, 2.75) is 19.9 Å². The highest BCUT2D eigenvalue weighted by atomic mass is 16.6.